The number of phosphoric acid groups is 1. The first-order valence-electron chi connectivity index (χ1n) is 30.7. The predicted octanol–water partition coefficient (Wildman–Crippen LogP) is 17.8. The molecule has 4 unspecified atom stereocenters. The van der Waals surface area contributed by atoms with E-state index in [9.17, 15) is 24.5 Å². The van der Waals surface area contributed by atoms with Crippen LogP contribution in [-0.2, 0) is 18.4 Å². The predicted molar refractivity (Wildman–Crippen MR) is 315 cm³/mol. The van der Waals surface area contributed by atoms with Crippen molar-refractivity contribution in [2.45, 2.75) is 295 Å². The number of nitrogens with zero attached hydrogens (tertiary/aromatic N) is 1. The van der Waals surface area contributed by atoms with Crippen molar-refractivity contribution in [2.24, 2.45) is 0 Å². The van der Waals surface area contributed by atoms with E-state index >= 15 is 0 Å². The highest BCUT2D eigenvalue weighted by Gasteiger charge is 2.32. The molecule has 0 aromatic heterocycles. The van der Waals surface area contributed by atoms with E-state index in [1.54, 1.807) is 0 Å². The molecule has 0 rings (SSSR count). The molecule has 0 saturated heterocycles. The summed E-state index contributed by atoms with van der Waals surface area (Å²) in [5.74, 6) is -0.265. The molecule has 73 heavy (non-hydrogen) atoms. The van der Waals surface area contributed by atoms with Gasteiger partial charge in [-0.1, -0.05) is 254 Å². The van der Waals surface area contributed by atoms with Crippen LogP contribution in [0.2, 0.25) is 0 Å². The maximum Gasteiger partial charge on any atom is 0.472 e. The summed E-state index contributed by atoms with van der Waals surface area (Å²) in [7, 11) is 1.42. The van der Waals surface area contributed by atoms with E-state index in [0.717, 1.165) is 57.8 Å². The van der Waals surface area contributed by atoms with Crippen LogP contribution in [0.1, 0.15) is 277 Å². The summed E-state index contributed by atoms with van der Waals surface area (Å²) in [5.41, 5.74) is 0. The van der Waals surface area contributed by atoms with Crippen molar-refractivity contribution < 1.29 is 38.0 Å². The van der Waals surface area contributed by atoms with Gasteiger partial charge in [-0.25, -0.2) is 4.57 Å². The quantitative estimate of drug-likeness (QED) is 0.0207. The van der Waals surface area contributed by atoms with Crippen LogP contribution in [0.15, 0.2) is 60.8 Å². The standard InChI is InChI=1S/C63H119N2O7P/c1-6-8-10-12-14-16-18-20-21-22-23-24-25-26-27-28-29-30-31-32-33-34-35-36-37-38-39-40-41-42-43-44-46-48-50-52-54-56-62(67)64-60(59-72-73(69,70)71-58-57-65(3,4)5)63(68)61(66)55-53-51-49-47-45-19-17-15-13-11-9-7-2/h8,10,14,16,20-21,23-24,47,49,60-61,63,66,68H,6-7,9,11-13,15,17-19,22,25-46,48,50-59H2,1-5H3,(H-,64,67,69,70)/p+1/b10-8-,16-14-,21-20-,24-23-,49-47+. The van der Waals surface area contributed by atoms with Gasteiger partial charge in [0, 0.05) is 6.42 Å². The highest BCUT2D eigenvalue weighted by atomic mass is 31.2. The lowest BCUT2D eigenvalue weighted by Crippen LogP contribution is -2.51. The molecule has 0 radical (unpaired) electrons. The van der Waals surface area contributed by atoms with Gasteiger partial charge >= 0.3 is 7.82 Å². The van der Waals surface area contributed by atoms with Crippen molar-refractivity contribution in [3.05, 3.63) is 60.8 Å². The topological polar surface area (TPSA) is 125 Å². The number of likely N-dealkylation sites (N-methyl/N-ethyl adjacent to an activating group) is 1. The SMILES string of the molecule is CC/C=C\C/C=C\C/C=C\C/C=C\CCCCCCCCCCCCCCCCCCCCCCCCCCC(=O)NC(COP(=O)(O)OCC[N+](C)(C)C)C(O)C(O)CCC/C=C/CCCCCCCCC. The zero-order valence-corrected chi connectivity index (χ0v) is 49.4. The van der Waals surface area contributed by atoms with Crippen LogP contribution in [0.5, 0.6) is 0 Å². The van der Waals surface area contributed by atoms with E-state index in [-0.39, 0.29) is 18.9 Å². The summed E-state index contributed by atoms with van der Waals surface area (Å²) in [5, 5.41) is 24.8. The third-order valence-electron chi connectivity index (χ3n) is 13.8. The van der Waals surface area contributed by atoms with E-state index < -0.39 is 32.7 Å². The molecule has 0 saturated carbocycles. The summed E-state index contributed by atoms with van der Waals surface area (Å²) in [6.07, 6.45) is 69.2. The fourth-order valence-corrected chi connectivity index (χ4v) is 9.76. The van der Waals surface area contributed by atoms with Crippen LogP contribution in [0, 0.1) is 0 Å². The largest absolute Gasteiger partial charge is 0.472 e. The fourth-order valence-electron chi connectivity index (χ4n) is 9.02. The van der Waals surface area contributed by atoms with Crippen molar-refractivity contribution in [1.82, 2.24) is 5.32 Å². The molecule has 4 N–H and O–H groups in total. The number of nitrogens with one attached hydrogen (secondary N) is 1. The maximum atomic E-state index is 13.0. The average Bonchev–Trinajstić information content (AvgIpc) is 3.35. The van der Waals surface area contributed by atoms with Gasteiger partial charge < -0.3 is 24.9 Å². The minimum Gasteiger partial charge on any atom is -0.390 e. The highest BCUT2D eigenvalue weighted by Crippen LogP contribution is 2.43. The molecule has 9 nitrogen and oxygen atoms in total. The lowest BCUT2D eigenvalue weighted by Gasteiger charge is -2.28. The van der Waals surface area contributed by atoms with Crippen molar-refractivity contribution >= 4 is 13.7 Å². The number of amides is 1. The number of aliphatic hydroxyl groups excluding tert-OH is 2. The number of aliphatic hydroxyl groups is 2. The van der Waals surface area contributed by atoms with E-state index in [1.807, 2.05) is 21.1 Å². The van der Waals surface area contributed by atoms with Gasteiger partial charge in [0.05, 0.1) is 39.9 Å². The lowest BCUT2D eigenvalue weighted by molar-refractivity contribution is -0.870. The first-order valence-corrected chi connectivity index (χ1v) is 32.2. The van der Waals surface area contributed by atoms with Crippen LogP contribution >= 0.6 is 7.82 Å². The molecular formula is C63H120N2O7P+. The summed E-state index contributed by atoms with van der Waals surface area (Å²) in [6, 6.07) is -1.05. The molecule has 0 heterocycles. The van der Waals surface area contributed by atoms with Gasteiger partial charge in [-0.2, -0.15) is 0 Å². The number of carbonyl (C=O) groups excluding carboxylic acids is 1. The van der Waals surface area contributed by atoms with Gasteiger partial charge in [-0.05, 0) is 77.0 Å². The molecular weight excluding hydrogens is 928 g/mol. The number of hydrogen-bond acceptors (Lipinski definition) is 6. The van der Waals surface area contributed by atoms with Crippen molar-refractivity contribution in [3.63, 3.8) is 0 Å². The van der Waals surface area contributed by atoms with Crippen LogP contribution in [0.25, 0.3) is 0 Å². The second-order valence-electron chi connectivity index (χ2n) is 22.2. The Labute approximate surface area is 452 Å². The van der Waals surface area contributed by atoms with Crippen molar-refractivity contribution in [2.75, 3.05) is 40.9 Å². The molecule has 0 bridgehead atoms. The maximum absolute atomic E-state index is 13.0. The summed E-state index contributed by atoms with van der Waals surface area (Å²) < 4.78 is 23.6. The van der Waals surface area contributed by atoms with E-state index in [1.165, 1.54) is 186 Å². The Balaban J connectivity index is 3.98. The molecule has 428 valence electrons. The fraction of sp³-hybridized carbons (Fsp3) is 0.825. The first-order chi connectivity index (χ1) is 35.4. The Hall–Kier alpha value is -1.84. The van der Waals surface area contributed by atoms with Crippen LogP contribution < -0.4 is 5.32 Å². The van der Waals surface area contributed by atoms with Gasteiger partial charge in [0.2, 0.25) is 5.91 Å². The summed E-state index contributed by atoms with van der Waals surface area (Å²) >= 11 is 0. The van der Waals surface area contributed by atoms with Crippen molar-refractivity contribution in [3.8, 4) is 0 Å². The van der Waals surface area contributed by atoms with Gasteiger partial charge in [0.15, 0.2) is 0 Å². The number of carbonyl (C=O) groups is 1. The number of hydrogen-bond donors (Lipinski definition) is 4. The second-order valence-corrected chi connectivity index (χ2v) is 23.6. The van der Waals surface area contributed by atoms with E-state index in [2.05, 4.69) is 79.9 Å². The van der Waals surface area contributed by atoms with Crippen LogP contribution in [-0.4, -0.2) is 84.6 Å². The minimum absolute atomic E-state index is 0.0170. The van der Waals surface area contributed by atoms with Gasteiger partial charge in [0.1, 0.15) is 19.3 Å². The number of rotatable bonds is 56. The second kappa shape index (κ2) is 53.6. The smallest absolute Gasteiger partial charge is 0.390 e. The third kappa shape index (κ3) is 54.7. The molecule has 0 aliphatic carbocycles. The Morgan fingerprint density at radius 1 is 0.493 bits per heavy atom. The number of allylic oxidation sites excluding steroid dienone is 10. The zero-order chi connectivity index (χ0) is 53.6. The van der Waals surface area contributed by atoms with Crippen LogP contribution in [0.4, 0.5) is 0 Å². The van der Waals surface area contributed by atoms with Crippen LogP contribution in [0.3, 0.4) is 0 Å². The summed E-state index contributed by atoms with van der Waals surface area (Å²) in [6.45, 7) is 4.48. The number of quaternary nitrogens is 1. The Morgan fingerprint density at radius 2 is 0.849 bits per heavy atom. The zero-order valence-electron chi connectivity index (χ0n) is 48.5. The summed E-state index contributed by atoms with van der Waals surface area (Å²) in [4.78, 5) is 23.3. The number of unbranched alkanes of at least 4 members (excludes halogenated alkanes) is 32. The first kappa shape index (κ1) is 71.2. The Kier molecular flexibility index (Phi) is 52.2. The molecule has 10 heteroatoms. The Bertz CT molecular complexity index is 1390. The molecule has 0 spiro atoms. The molecule has 0 fully saturated rings. The molecule has 1 amide bonds. The molecule has 4 atom stereocenters. The van der Waals surface area contributed by atoms with Gasteiger partial charge in [-0.3, -0.25) is 13.8 Å². The van der Waals surface area contributed by atoms with E-state index in [4.69, 9.17) is 9.05 Å². The van der Waals surface area contributed by atoms with Gasteiger partial charge in [0.25, 0.3) is 0 Å². The average molecular weight is 1050 g/mol. The number of phosphoric ester groups is 1. The minimum atomic E-state index is -4.43. The molecule has 0 aromatic rings. The van der Waals surface area contributed by atoms with Gasteiger partial charge in [-0.15, -0.1) is 0 Å². The molecule has 0 aromatic carbocycles. The van der Waals surface area contributed by atoms with E-state index in [0.29, 0.717) is 23.9 Å². The molecule has 0 aliphatic heterocycles. The lowest BCUT2D eigenvalue weighted by atomic mass is 10.0. The van der Waals surface area contributed by atoms with Crippen molar-refractivity contribution in [1.29, 1.82) is 0 Å². The molecule has 0 aliphatic rings. The monoisotopic (exact) mass is 1050 g/mol. The normalized spacial score (nSPS) is 14.7. The highest BCUT2D eigenvalue weighted by molar-refractivity contribution is 7.47. The Morgan fingerprint density at radius 3 is 1.26 bits per heavy atom. The third-order valence-corrected chi connectivity index (χ3v) is 14.8.